The van der Waals surface area contributed by atoms with Gasteiger partial charge in [0.2, 0.25) is 0 Å². The van der Waals surface area contributed by atoms with Crippen LogP contribution in [-0.2, 0) is 6.18 Å². The van der Waals surface area contributed by atoms with Crippen LogP contribution in [0, 0.1) is 19.7 Å². The molecule has 4 rings (SSSR count). The summed E-state index contributed by atoms with van der Waals surface area (Å²) in [5, 5.41) is 3.12. The first-order valence-corrected chi connectivity index (χ1v) is 9.59. The van der Waals surface area contributed by atoms with Gasteiger partial charge in [0.05, 0.1) is 5.56 Å². The summed E-state index contributed by atoms with van der Waals surface area (Å²) in [7, 11) is 0. The molecule has 30 heavy (non-hydrogen) atoms. The standard InChI is InChI=1S/C20H15F4N5S/c1-9-4-3-5-10(2)14(9)16-28-17(15-18(29-16)30-19(25)27-15)26-11-6-7-12(13(21)8-11)20(22,23)24/h3-8H,1-2H3,(H2,25,27)(H,26,28,29). The molecule has 154 valence electrons. The second kappa shape index (κ2) is 7.21. The number of hydrogen-bond donors (Lipinski definition) is 2. The quantitative estimate of drug-likeness (QED) is 0.396. The van der Waals surface area contributed by atoms with Crippen molar-refractivity contribution in [3.8, 4) is 11.4 Å². The van der Waals surface area contributed by atoms with Crippen LogP contribution in [0.1, 0.15) is 16.7 Å². The number of nitrogens with two attached hydrogens (primary N) is 1. The number of benzene rings is 2. The Morgan fingerprint density at radius 2 is 1.70 bits per heavy atom. The molecular weight excluding hydrogens is 418 g/mol. The molecule has 0 radical (unpaired) electrons. The second-order valence-corrected chi connectivity index (χ2v) is 7.69. The fourth-order valence-corrected chi connectivity index (χ4v) is 3.87. The van der Waals surface area contributed by atoms with Crippen LogP contribution >= 0.6 is 11.3 Å². The van der Waals surface area contributed by atoms with E-state index in [9.17, 15) is 17.6 Å². The number of nitrogens with zero attached hydrogens (tertiary/aromatic N) is 3. The average Bonchev–Trinajstić information content (AvgIpc) is 3.01. The summed E-state index contributed by atoms with van der Waals surface area (Å²) < 4.78 is 52.5. The normalized spacial score (nSPS) is 11.8. The zero-order valence-electron chi connectivity index (χ0n) is 15.8. The van der Waals surface area contributed by atoms with Gasteiger partial charge in [-0.25, -0.2) is 19.3 Å². The smallest absolute Gasteiger partial charge is 0.375 e. The van der Waals surface area contributed by atoms with Crippen molar-refractivity contribution < 1.29 is 17.6 Å². The molecule has 2 aromatic heterocycles. The molecule has 5 nitrogen and oxygen atoms in total. The highest BCUT2D eigenvalue weighted by Gasteiger charge is 2.34. The summed E-state index contributed by atoms with van der Waals surface area (Å²) in [6.07, 6.45) is -4.77. The SMILES string of the molecule is Cc1cccc(C)c1-c1nc(Nc2ccc(C(F)(F)F)c(F)c2)c2nc(N)sc2n1. The van der Waals surface area contributed by atoms with E-state index in [0.717, 1.165) is 40.2 Å². The van der Waals surface area contributed by atoms with Crippen molar-refractivity contribution in [2.24, 2.45) is 0 Å². The van der Waals surface area contributed by atoms with Gasteiger partial charge in [-0.1, -0.05) is 29.5 Å². The maximum absolute atomic E-state index is 14.0. The van der Waals surface area contributed by atoms with E-state index in [2.05, 4.69) is 20.3 Å². The molecule has 2 aromatic carbocycles. The fourth-order valence-electron chi connectivity index (χ4n) is 3.16. The fraction of sp³-hybridized carbons (Fsp3) is 0.150. The summed E-state index contributed by atoms with van der Waals surface area (Å²) in [5.41, 5.74) is 7.67. The number of fused-ring (bicyclic) bond motifs is 1. The van der Waals surface area contributed by atoms with E-state index < -0.39 is 17.6 Å². The first-order chi connectivity index (χ1) is 14.1. The Hall–Kier alpha value is -3.27. The Morgan fingerprint density at radius 1 is 1.00 bits per heavy atom. The van der Waals surface area contributed by atoms with Crippen molar-refractivity contribution in [1.82, 2.24) is 15.0 Å². The lowest BCUT2D eigenvalue weighted by Crippen LogP contribution is -2.08. The number of rotatable bonds is 3. The minimum atomic E-state index is -4.77. The summed E-state index contributed by atoms with van der Waals surface area (Å²) >= 11 is 1.16. The van der Waals surface area contributed by atoms with Crippen LogP contribution in [0.4, 0.5) is 34.2 Å². The molecule has 10 heteroatoms. The van der Waals surface area contributed by atoms with E-state index in [1.54, 1.807) is 0 Å². The highest BCUT2D eigenvalue weighted by Crippen LogP contribution is 2.35. The van der Waals surface area contributed by atoms with Gasteiger partial charge in [0.1, 0.15) is 11.3 Å². The monoisotopic (exact) mass is 433 g/mol. The molecule has 0 atom stereocenters. The number of thiazole rings is 1. The van der Waals surface area contributed by atoms with Gasteiger partial charge in [-0.2, -0.15) is 13.2 Å². The van der Waals surface area contributed by atoms with Gasteiger partial charge in [0.15, 0.2) is 21.6 Å². The van der Waals surface area contributed by atoms with Gasteiger partial charge < -0.3 is 11.1 Å². The molecule has 4 aromatic rings. The van der Waals surface area contributed by atoms with E-state index in [0.29, 0.717) is 22.2 Å². The van der Waals surface area contributed by atoms with Crippen LogP contribution in [0.15, 0.2) is 36.4 Å². The number of nitrogens with one attached hydrogen (secondary N) is 1. The molecule has 2 heterocycles. The van der Waals surface area contributed by atoms with Gasteiger partial charge in [-0.05, 0) is 43.2 Å². The summed E-state index contributed by atoms with van der Waals surface area (Å²) in [5.74, 6) is -0.744. The minimum absolute atomic E-state index is 0.0968. The number of aromatic nitrogens is 3. The third-order valence-electron chi connectivity index (χ3n) is 4.52. The second-order valence-electron chi connectivity index (χ2n) is 6.69. The van der Waals surface area contributed by atoms with E-state index in [1.165, 1.54) is 0 Å². The third-order valence-corrected chi connectivity index (χ3v) is 5.30. The topological polar surface area (TPSA) is 76.7 Å². The Morgan fingerprint density at radius 3 is 2.33 bits per heavy atom. The summed E-state index contributed by atoms with van der Waals surface area (Å²) in [4.78, 5) is 13.8. The van der Waals surface area contributed by atoms with Crippen molar-refractivity contribution in [3.63, 3.8) is 0 Å². The van der Waals surface area contributed by atoms with Crippen molar-refractivity contribution in [1.29, 1.82) is 0 Å². The van der Waals surface area contributed by atoms with Crippen LogP contribution in [0.2, 0.25) is 0 Å². The Bertz CT molecular complexity index is 1250. The largest absolute Gasteiger partial charge is 0.419 e. The molecular formula is C20H15F4N5S. The molecule has 0 amide bonds. The molecule has 0 fully saturated rings. The first-order valence-electron chi connectivity index (χ1n) is 8.78. The summed E-state index contributed by atoms with van der Waals surface area (Å²) in [6.45, 7) is 3.85. The molecule has 0 saturated heterocycles. The lowest BCUT2D eigenvalue weighted by atomic mass is 10.0. The molecule has 0 saturated carbocycles. The summed E-state index contributed by atoms with van der Waals surface area (Å²) in [6, 6.07) is 8.35. The van der Waals surface area contributed by atoms with Crippen LogP contribution in [-0.4, -0.2) is 15.0 Å². The van der Waals surface area contributed by atoms with Crippen molar-refractivity contribution in [2.45, 2.75) is 20.0 Å². The Labute approximate surface area is 172 Å². The zero-order valence-corrected chi connectivity index (χ0v) is 16.6. The van der Waals surface area contributed by atoms with Crippen LogP contribution in [0.25, 0.3) is 21.7 Å². The molecule has 0 bridgehead atoms. The lowest BCUT2D eigenvalue weighted by molar-refractivity contribution is -0.139. The maximum Gasteiger partial charge on any atom is 0.419 e. The van der Waals surface area contributed by atoms with E-state index >= 15 is 0 Å². The third kappa shape index (κ3) is 3.65. The molecule has 0 unspecified atom stereocenters. The molecule has 0 spiro atoms. The van der Waals surface area contributed by atoms with Crippen LogP contribution in [0.5, 0.6) is 0 Å². The minimum Gasteiger partial charge on any atom is -0.375 e. The van der Waals surface area contributed by atoms with Gasteiger partial charge in [-0.3, -0.25) is 0 Å². The zero-order chi connectivity index (χ0) is 21.6. The van der Waals surface area contributed by atoms with E-state index in [-0.39, 0.29) is 16.6 Å². The van der Waals surface area contributed by atoms with Gasteiger partial charge in [-0.15, -0.1) is 0 Å². The Balaban J connectivity index is 1.84. The molecule has 0 aliphatic heterocycles. The lowest BCUT2D eigenvalue weighted by Gasteiger charge is -2.13. The van der Waals surface area contributed by atoms with Crippen LogP contribution in [0.3, 0.4) is 0 Å². The Kier molecular flexibility index (Phi) is 4.81. The predicted molar refractivity (Wildman–Crippen MR) is 109 cm³/mol. The number of halogens is 4. The highest BCUT2D eigenvalue weighted by molar-refractivity contribution is 7.21. The molecule has 3 N–H and O–H groups in total. The first kappa shape index (κ1) is 20.0. The van der Waals surface area contributed by atoms with Crippen molar-refractivity contribution in [3.05, 3.63) is 58.9 Å². The number of nitrogen functional groups attached to an aromatic ring is 1. The predicted octanol–water partition coefficient (Wildman–Crippen LogP) is 5.85. The average molecular weight is 433 g/mol. The van der Waals surface area contributed by atoms with Gasteiger partial charge >= 0.3 is 6.18 Å². The molecule has 0 aliphatic carbocycles. The number of alkyl halides is 3. The number of hydrogen-bond acceptors (Lipinski definition) is 6. The molecule has 0 aliphatic rings. The van der Waals surface area contributed by atoms with Gasteiger partial charge in [0, 0.05) is 11.3 Å². The highest BCUT2D eigenvalue weighted by atomic mass is 32.1. The number of aryl methyl sites for hydroxylation is 2. The van der Waals surface area contributed by atoms with E-state index in [4.69, 9.17) is 5.73 Å². The van der Waals surface area contributed by atoms with Crippen molar-refractivity contribution in [2.75, 3.05) is 11.1 Å². The van der Waals surface area contributed by atoms with Gasteiger partial charge in [0.25, 0.3) is 0 Å². The van der Waals surface area contributed by atoms with Crippen LogP contribution < -0.4 is 11.1 Å². The maximum atomic E-state index is 14.0. The number of anilines is 3. The van der Waals surface area contributed by atoms with E-state index in [1.807, 2.05) is 32.0 Å². The van der Waals surface area contributed by atoms with Crippen molar-refractivity contribution >= 4 is 38.3 Å².